The minimum Gasteiger partial charge on any atom is -1.00 e. The van der Waals surface area contributed by atoms with E-state index < -0.39 is 11.9 Å². The Morgan fingerprint density at radius 3 is 1.90 bits per heavy atom. The van der Waals surface area contributed by atoms with Crippen LogP contribution >= 0.6 is 0 Å². The molecule has 1 N–H and O–H groups in total. The number of carbonyl (C=O) groups is 2. The quantitative estimate of drug-likeness (QED) is 0.183. The minimum absolute atomic E-state index is 0. The number of unbranched alkanes of at least 4 members (excludes halogenated alkanes) is 10. The number of hydrogen-bond donors (Lipinski definition) is 1. The topological polar surface area (TPSA) is 63.6 Å². The van der Waals surface area contributed by atoms with Gasteiger partial charge < -0.3 is 11.3 Å². The fraction of sp³-hybridized carbons (Fsp3) is 0.680. The Kier molecular flexibility index (Phi) is 19.1. The van der Waals surface area contributed by atoms with Crippen LogP contribution in [-0.2, 0) is 9.53 Å². The van der Waals surface area contributed by atoms with Crippen LogP contribution in [0.3, 0.4) is 0 Å². The number of carbonyl (C=O) groups excluding carboxylic acids is 2. The molecule has 166 valence electrons. The summed E-state index contributed by atoms with van der Waals surface area (Å²) in [7, 11) is 0. The van der Waals surface area contributed by atoms with Crippen LogP contribution in [0.2, 0.25) is 0 Å². The second kappa shape index (κ2) is 19.9. The average Bonchev–Trinajstić information content (AvgIpc) is 2.73. The maximum Gasteiger partial charge on any atom is 1.00 e. The van der Waals surface area contributed by atoms with Gasteiger partial charge in [0.1, 0.15) is 0 Å². The minimum atomic E-state index is -0.568. The summed E-state index contributed by atoms with van der Waals surface area (Å²) in [6, 6.07) is 8.60. The molecule has 1 unspecified atom stereocenters. The Morgan fingerprint density at radius 1 is 0.833 bits per heavy atom. The van der Waals surface area contributed by atoms with Crippen molar-refractivity contribution in [2.45, 2.75) is 109 Å². The molecule has 0 amide bonds. The maximum absolute atomic E-state index is 11.8. The number of esters is 2. The van der Waals surface area contributed by atoms with Gasteiger partial charge in [-0.2, -0.15) is 0 Å². The van der Waals surface area contributed by atoms with Crippen molar-refractivity contribution in [1.82, 2.24) is 0 Å². The summed E-state index contributed by atoms with van der Waals surface area (Å²) in [5.74, 6) is -1.01. The molecule has 0 radical (unpaired) electrons. The summed E-state index contributed by atoms with van der Waals surface area (Å²) in [4.78, 5) is 23.5. The van der Waals surface area contributed by atoms with Crippen LogP contribution in [0.1, 0.15) is 115 Å². The fourth-order valence-corrected chi connectivity index (χ4v) is 3.45. The third-order valence-electron chi connectivity index (χ3n) is 5.28. The van der Waals surface area contributed by atoms with Gasteiger partial charge in [0.15, 0.2) is 0 Å². The summed E-state index contributed by atoms with van der Waals surface area (Å²) in [5, 5.41) is 9.95. The number of rotatable bonds is 17. The third kappa shape index (κ3) is 15.7. The van der Waals surface area contributed by atoms with E-state index in [4.69, 9.17) is 4.74 Å². The molecule has 0 aromatic heterocycles. The standard InChI is InChI=1S/C25H40O4.Li.H/c1-2-3-4-14-19-23(26)20-15-9-7-5-6-8-10-16-21-24(27)29-25(28)22-17-12-11-13-18-22;;/h11-13,17-18,23,26H,2-10,14-16,19-21H2,1H3;;/q;+1;-1. The van der Waals surface area contributed by atoms with E-state index in [0.29, 0.717) is 12.0 Å². The van der Waals surface area contributed by atoms with E-state index in [1.807, 2.05) is 6.07 Å². The average molecular weight is 413 g/mol. The van der Waals surface area contributed by atoms with Crippen molar-refractivity contribution in [2.24, 2.45) is 0 Å². The predicted molar refractivity (Wildman–Crippen MR) is 119 cm³/mol. The van der Waals surface area contributed by atoms with Gasteiger partial charge in [-0.05, 0) is 31.4 Å². The second-order valence-electron chi connectivity index (χ2n) is 8.00. The Labute approximate surface area is 196 Å². The fourth-order valence-electron chi connectivity index (χ4n) is 3.45. The van der Waals surface area contributed by atoms with Gasteiger partial charge in [0.2, 0.25) is 0 Å². The molecule has 5 heteroatoms. The first-order chi connectivity index (χ1) is 14.1. The van der Waals surface area contributed by atoms with Crippen molar-refractivity contribution in [2.75, 3.05) is 0 Å². The number of aliphatic hydroxyl groups is 1. The zero-order valence-corrected chi connectivity index (χ0v) is 19.2. The summed E-state index contributed by atoms with van der Waals surface area (Å²) < 4.78 is 4.87. The van der Waals surface area contributed by atoms with Crippen LogP contribution in [0.15, 0.2) is 30.3 Å². The van der Waals surface area contributed by atoms with E-state index in [-0.39, 0.29) is 26.4 Å². The molecule has 1 rings (SSSR count). The first-order valence-electron chi connectivity index (χ1n) is 11.6. The number of benzene rings is 1. The third-order valence-corrected chi connectivity index (χ3v) is 5.28. The molecule has 0 aliphatic rings. The molecular formula is C25H41LiO4. The largest absolute Gasteiger partial charge is 1.00 e. The van der Waals surface area contributed by atoms with Gasteiger partial charge in [0, 0.05) is 6.42 Å². The van der Waals surface area contributed by atoms with Gasteiger partial charge >= 0.3 is 30.8 Å². The van der Waals surface area contributed by atoms with Crippen molar-refractivity contribution in [3.05, 3.63) is 35.9 Å². The summed E-state index contributed by atoms with van der Waals surface area (Å²) in [5.41, 5.74) is 0.407. The Balaban J connectivity index is 0. The number of ether oxygens (including phenoxy) is 1. The molecule has 0 spiro atoms. The molecule has 0 aliphatic carbocycles. The molecule has 30 heavy (non-hydrogen) atoms. The van der Waals surface area contributed by atoms with Crippen molar-refractivity contribution in [1.29, 1.82) is 0 Å². The van der Waals surface area contributed by atoms with Crippen molar-refractivity contribution in [3.8, 4) is 0 Å². The van der Waals surface area contributed by atoms with E-state index in [1.54, 1.807) is 24.3 Å². The molecule has 1 aromatic rings. The zero-order chi connectivity index (χ0) is 21.2. The van der Waals surface area contributed by atoms with Gasteiger partial charge in [-0.1, -0.05) is 95.8 Å². The van der Waals surface area contributed by atoms with Crippen LogP contribution in [-0.4, -0.2) is 23.1 Å². The Bertz CT molecular complexity index is 554. The normalized spacial score (nSPS) is 11.5. The van der Waals surface area contributed by atoms with E-state index in [9.17, 15) is 14.7 Å². The molecule has 0 saturated heterocycles. The van der Waals surface area contributed by atoms with E-state index in [0.717, 1.165) is 44.9 Å². The summed E-state index contributed by atoms with van der Waals surface area (Å²) >= 11 is 0. The van der Waals surface area contributed by atoms with Crippen LogP contribution < -0.4 is 18.9 Å². The Hall–Kier alpha value is -1.08. The molecule has 0 aliphatic heterocycles. The molecular weight excluding hydrogens is 371 g/mol. The van der Waals surface area contributed by atoms with Gasteiger partial charge in [-0.3, -0.25) is 4.79 Å². The molecule has 4 nitrogen and oxygen atoms in total. The first-order valence-corrected chi connectivity index (χ1v) is 11.6. The Morgan fingerprint density at radius 2 is 1.33 bits per heavy atom. The summed E-state index contributed by atoms with van der Waals surface area (Å²) in [6.45, 7) is 2.21. The van der Waals surface area contributed by atoms with Gasteiger partial charge in [-0.15, -0.1) is 0 Å². The smallest absolute Gasteiger partial charge is 1.00 e. The number of aliphatic hydroxyl groups excluding tert-OH is 1. The molecule has 0 saturated carbocycles. The van der Waals surface area contributed by atoms with Crippen molar-refractivity contribution >= 4 is 11.9 Å². The van der Waals surface area contributed by atoms with Gasteiger partial charge in [0.25, 0.3) is 0 Å². The molecule has 1 aromatic carbocycles. The molecule has 0 heterocycles. The predicted octanol–water partition coefficient (Wildman–Crippen LogP) is 3.72. The molecule has 1 atom stereocenters. The van der Waals surface area contributed by atoms with Crippen LogP contribution in [0, 0.1) is 0 Å². The van der Waals surface area contributed by atoms with Crippen LogP contribution in [0.5, 0.6) is 0 Å². The number of hydrogen-bond acceptors (Lipinski definition) is 4. The van der Waals surface area contributed by atoms with E-state index >= 15 is 0 Å². The van der Waals surface area contributed by atoms with Crippen LogP contribution in [0.4, 0.5) is 0 Å². The van der Waals surface area contributed by atoms with E-state index in [2.05, 4.69) is 6.92 Å². The van der Waals surface area contributed by atoms with Crippen molar-refractivity contribution in [3.63, 3.8) is 0 Å². The maximum atomic E-state index is 11.8. The second-order valence-corrected chi connectivity index (χ2v) is 8.00. The summed E-state index contributed by atoms with van der Waals surface area (Å²) in [6.07, 6.45) is 15.8. The van der Waals surface area contributed by atoms with Gasteiger partial charge in [-0.25, -0.2) is 4.79 Å². The van der Waals surface area contributed by atoms with Crippen molar-refractivity contribution < 1.29 is 39.7 Å². The molecule has 0 bridgehead atoms. The zero-order valence-electron chi connectivity index (χ0n) is 20.2. The SMILES string of the molecule is CCCCCCC(O)CCCCCCCCCCC(=O)OC(=O)c1ccccc1.[H-].[Li+]. The van der Waals surface area contributed by atoms with Gasteiger partial charge in [0.05, 0.1) is 11.7 Å². The van der Waals surface area contributed by atoms with Crippen LogP contribution in [0.25, 0.3) is 0 Å². The van der Waals surface area contributed by atoms with E-state index in [1.165, 1.54) is 44.9 Å². The monoisotopic (exact) mass is 412 g/mol. The molecule has 0 fully saturated rings. The first kappa shape index (κ1) is 28.9.